The zero-order valence-corrected chi connectivity index (χ0v) is 12.9. The highest BCUT2D eigenvalue weighted by Gasteiger charge is 2.42. The zero-order valence-electron chi connectivity index (χ0n) is 12.9. The van der Waals surface area contributed by atoms with E-state index in [4.69, 9.17) is 4.74 Å². The van der Waals surface area contributed by atoms with Crippen LogP contribution < -0.4 is 9.64 Å². The summed E-state index contributed by atoms with van der Waals surface area (Å²) in [4.78, 5) is 16.6. The fraction of sp³-hybridized carbons (Fsp3) is 0.438. The molecule has 0 saturated heterocycles. The second kappa shape index (κ2) is 4.97. The number of nitro groups is 1. The van der Waals surface area contributed by atoms with Crippen LogP contribution in [-0.2, 0) is 13.0 Å². The van der Waals surface area contributed by atoms with Gasteiger partial charge in [0.25, 0.3) is 0 Å². The Balaban J connectivity index is 1.54. The molecule has 0 N–H and O–H groups in total. The number of benzene rings is 1. The smallest absolute Gasteiger partial charge is 0.415 e. The highest BCUT2D eigenvalue weighted by atomic mass is 16.6. The van der Waals surface area contributed by atoms with Crippen LogP contribution in [0.4, 0.5) is 11.5 Å². The van der Waals surface area contributed by atoms with Crippen molar-refractivity contribution in [1.82, 2.24) is 9.55 Å². The third-order valence-corrected chi connectivity index (χ3v) is 4.49. The SMILES string of the molecule is CC1(CN2CCCc3ccccc32)Cn2cc([N+](=O)[O-])nc2O1. The van der Waals surface area contributed by atoms with Gasteiger partial charge in [0.15, 0.2) is 0 Å². The molecule has 0 spiro atoms. The second-order valence-corrected chi connectivity index (χ2v) is 6.47. The van der Waals surface area contributed by atoms with Gasteiger partial charge in [0.1, 0.15) is 11.8 Å². The minimum absolute atomic E-state index is 0.162. The largest absolute Gasteiger partial charge is 0.436 e. The average molecular weight is 314 g/mol. The van der Waals surface area contributed by atoms with E-state index >= 15 is 0 Å². The van der Waals surface area contributed by atoms with Crippen molar-refractivity contribution >= 4 is 11.5 Å². The highest BCUT2D eigenvalue weighted by Crippen LogP contribution is 2.34. The quantitative estimate of drug-likeness (QED) is 0.642. The van der Waals surface area contributed by atoms with E-state index in [2.05, 4.69) is 34.1 Å². The van der Waals surface area contributed by atoms with Crippen molar-refractivity contribution in [2.45, 2.75) is 31.9 Å². The number of para-hydroxylation sites is 1. The number of ether oxygens (including phenoxy) is 1. The van der Waals surface area contributed by atoms with E-state index in [9.17, 15) is 10.1 Å². The van der Waals surface area contributed by atoms with E-state index in [-0.39, 0.29) is 5.82 Å². The van der Waals surface area contributed by atoms with E-state index < -0.39 is 10.5 Å². The fourth-order valence-electron chi connectivity index (χ4n) is 3.54. The van der Waals surface area contributed by atoms with Crippen LogP contribution in [0.3, 0.4) is 0 Å². The third-order valence-electron chi connectivity index (χ3n) is 4.49. The lowest BCUT2D eigenvalue weighted by molar-refractivity contribution is -0.389. The Morgan fingerprint density at radius 2 is 2.26 bits per heavy atom. The summed E-state index contributed by atoms with van der Waals surface area (Å²) in [5.41, 5.74) is 2.20. The summed E-state index contributed by atoms with van der Waals surface area (Å²) in [6.07, 6.45) is 3.69. The van der Waals surface area contributed by atoms with Crippen LogP contribution in [0.1, 0.15) is 18.9 Å². The van der Waals surface area contributed by atoms with Crippen molar-refractivity contribution in [1.29, 1.82) is 0 Å². The standard InChI is InChI=1S/C16H18N4O3/c1-16(11-19-9-14(20(21)22)17-15(19)23-16)10-18-8-4-6-12-5-2-3-7-13(12)18/h2-3,5,7,9H,4,6,8,10-11H2,1H3. The maximum absolute atomic E-state index is 10.8. The molecule has 0 aliphatic carbocycles. The molecule has 0 amide bonds. The Labute approximate surface area is 133 Å². The van der Waals surface area contributed by atoms with E-state index in [0.717, 1.165) is 25.9 Å². The predicted molar refractivity (Wildman–Crippen MR) is 84.9 cm³/mol. The summed E-state index contributed by atoms with van der Waals surface area (Å²) in [6.45, 7) is 4.34. The van der Waals surface area contributed by atoms with Crippen LogP contribution in [0.15, 0.2) is 30.5 Å². The van der Waals surface area contributed by atoms with Crippen LogP contribution in [0.2, 0.25) is 0 Å². The van der Waals surface area contributed by atoms with E-state index in [1.165, 1.54) is 17.4 Å². The van der Waals surface area contributed by atoms with Gasteiger partial charge in [0, 0.05) is 17.2 Å². The lowest BCUT2D eigenvalue weighted by Crippen LogP contribution is -2.46. The van der Waals surface area contributed by atoms with E-state index in [0.29, 0.717) is 12.6 Å². The fourth-order valence-corrected chi connectivity index (χ4v) is 3.54. The van der Waals surface area contributed by atoms with Gasteiger partial charge in [-0.05, 0) is 36.3 Å². The maximum atomic E-state index is 10.8. The van der Waals surface area contributed by atoms with E-state index in [1.54, 1.807) is 4.57 Å². The summed E-state index contributed by atoms with van der Waals surface area (Å²) in [6, 6.07) is 8.79. The Hall–Kier alpha value is -2.57. The number of aromatic nitrogens is 2. The van der Waals surface area contributed by atoms with Gasteiger partial charge in [-0.15, -0.1) is 0 Å². The number of hydrogen-bond acceptors (Lipinski definition) is 5. The summed E-state index contributed by atoms with van der Waals surface area (Å²) in [5.74, 6) is -0.162. The third kappa shape index (κ3) is 2.42. The lowest BCUT2D eigenvalue weighted by Gasteiger charge is -2.36. The highest BCUT2D eigenvalue weighted by molar-refractivity contribution is 5.55. The molecule has 23 heavy (non-hydrogen) atoms. The van der Waals surface area contributed by atoms with Crippen LogP contribution in [0.5, 0.6) is 6.01 Å². The second-order valence-electron chi connectivity index (χ2n) is 6.47. The van der Waals surface area contributed by atoms with Crippen molar-refractivity contribution in [2.24, 2.45) is 0 Å². The topological polar surface area (TPSA) is 73.4 Å². The van der Waals surface area contributed by atoms with Gasteiger partial charge in [-0.2, -0.15) is 0 Å². The van der Waals surface area contributed by atoms with Gasteiger partial charge in [0.05, 0.1) is 13.1 Å². The molecule has 7 nitrogen and oxygen atoms in total. The van der Waals surface area contributed by atoms with Gasteiger partial charge >= 0.3 is 11.8 Å². The molecule has 1 unspecified atom stereocenters. The average Bonchev–Trinajstić information content (AvgIpc) is 3.02. The molecular weight excluding hydrogens is 296 g/mol. The minimum Gasteiger partial charge on any atom is -0.436 e. The van der Waals surface area contributed by atoms with Crippen LogP contribution >= 0.6 is 0 Å². The van der Waals surface area contributed by atoms with Crippen molar-refractivity contribution < 1.29 is 9.66 Å². The van der Waals surface area contributed by atoms with Crippen molar-refractivity contribution in [3.8, 4) is 6.01 Å². The first-order valence-electron chi connectivity index (χ1n) is 7.77. The molecule has 0 bridgehead atoms. The molecule has 2 aromatic rings. The molecule has 1 aromatic carbocycles. The molecule has 3 heterocycles. The van der Waals surface area contributed by atoms with Gasteiger partial charge in [0.2, 0.25) is 0 Å². The van der Waals surface area contributed by atoms with E-state index in [1.807, 2.05) is 6.92 Å². The molecule has 4 rings (SSSR count). The van der Waals surface area contributed by atoms with Crippen molar-refractivity contribution in [2.75, 3.05) is 18.0 Å². The first-order chi connectivity index (χ1) is 11.0. The van der Waals surface area contributed by atoms with Crippen LogP contribution in [0.25, 0.3) is 0 Å². The molecule has 1 atom stereocenters. The number of imidazole rings is 1. The summed E-state index contributed by atoms with van der Waals surface area (Å²) >= 11 is 0. The Bertz CT molecular complexity index is 747. The number of fused-ring (bicyclic) bond motifs is 2. The van der Waals surface area contributed by atoms with Gasteiger partial charge in [-0.1, -0.05) is 18.2 Å². The van der Waals surface area contributed by atoms with Crippen molar-refractivity contribution in [3.63, 3.8) is 0 Å². The molecule has 2 aliphatic rings. The van der Waals surface area contributed by atoms with Gasteiger partial charge in [-0.25, -0.2) is 0 Å². The number of aryl methyl sites for hydroxylation is 1. The zero-order chi connectivity index (χ0) is 16.0. The first kappa shape index (κ1) is 14.0. The maximum Gasteiger partial charge on any atom is 0.415 e. The number of nitrogens with zero attached hydrogens (tertiary/aromatic N) is 4. The Kier molecular flexibility index (Phi) is 3.04. The molecule has 7 heteroatoms. The number of hydrogen-bond donors (Lipinski definition) is 0. The molecule has 120 valence electrons. The normalized spacial score (nSPS) is 22.4. The Morgan fingerprint density at radius 3 is 3.04 bits per heavy atom. The summed E-state index contributed by atoms with van der Waals surface area (Å²) < 4.78 is 7.68. The monoisotopic (exact) mass is 314 g/mol. The number of anilines is 1. The molecule has 0 saturated carbocycles. The molecule has 0 fully saturated rings. The minimum atomic E-state index is -0.493. The molecule has 2 aliphatic heterocycles. The summed E-state index contributed by atoms with van der Waals surface area (Å²) in [5, 5.41) is 10.8. The Morgan fingerprint density at radius 1 is 1.43 bits per heavy atom. The van der Waals surface area contributed by atoms with Crippen LogP contribution in [-0.4, -0.2) is 33.2 Å². The summed E-state index contributed by atoms with van der Waals surface area (Å²) in [7, 11) is 0. The molecule has 1 aromatic heterocycles. The molecule has 0 radical (unpaired) electrons. The molecular formula is C16H18N4O3. The first-order valence-corrected chi connectivity index (χ1v) is 7.77. The number of rotatable bonds is 3. The van der Waals surface area contributed by atoms with Crippen molar-refractivity contribution in [3.05, 3.63) is 46.1 Å². The predicted octanol–water partition coefficient (Wildman–Crippen LogP) is 2.40. The van der Waals surface area contributed by atoms with Gasteiger partial charge < -0.3 is 19.8 Å². The lowest BCUT2D eigenvalue weighted by atomic mass is 9.99. The van der Waals surface area contributed by atoms with Gasteiger partial charge in [-0.3, -0.25) is 4.57 Å². The van der Waals surface area contributed by atoms with Crippen LogP contribution in [0, 0.1) is 10.1 Å².